The second-order valence-corrected chi connectivity index (χ2v) is 6.47. The van der Waals surface area contributed by atoms with Crippen LogP contribution in [0.4, 0.5) is 17.1 Å². The highest BCUT2D eigenvalue weighted by atomic mass is 16.2. The molecular formula is C22H21N3O. The molecule has 2 heterocycles. The van der Waals surface area contributed by atoms with E-state index in [9.17, 15) is 4.79 Å². The number of nitrogens with one attached hydrogen (secondary N) is 1. The minimum atomic E-state index is -0.00701. The van der Waals surface area contributed by atoms with Gasteiger partial charge in [0, 0.05) is 24.1 Å². The first kappa shape index (κ1) is 16.3. The molecule has 1 amide bonds. The maximum absolute atomic E-state index is 13.0. The standard InChI is InChI=1S/C22H21N3O/c1-2-16-7-9-19(10-8-16)24-20-13-18(14-23-15-20)22(26)25-12-11-17-5-3-4-6-21(17)25/h3-10,13-15,24H,2,11-12H2,1H3. The normalized spacial score (nSPS) is 12.7. The van der Waals surface area contributed by atoms with E-state index in [1.165, 1.54) is 11.1 Å². The number of aromatic nitrogens is 1. The van der Waals surface area contributed by atoms with Crippen molar-refractivity contribution >= 4 is 23.0 Å². The number of benzene rings is 2. The molecule has 130 valence electrons. The van der Waals surface area contributed by atoms with Crippen molar-refractivity contribution in [3.05, 3.63) is 83.7 Å². The minimum absolute atomic E-state index is 0.00701. The summed E-state index contributed by atoms with van der Waals surface area (Å²) in [6, 6.07) is 18.2. The summed E-state index contributed by atoms with van der Waals surface area (Å²) >= 11 is 0. The summed E-state index contributed by atoms with van der Waals surface area (Å²) in [4.78, 5) is 19.0. The Bertz CT molecular complexity index is 934. The van der Waals surface area contributed by atoms with Crippen LogP contribution in [0.1, 0.15) is 28.4 Å². The molecule has 0 spiro atoms. The molecule has 26 heavy (non-hydrogen) atoms. The molecule has 3 aromatic rings. The molecule has 4 nitrogen and oxygen atoms in total. The average molecular weight is 343 g/mol. The van der Waals surface area contributed by atoms with Crippen LogP contribution in [0.15, 0.2) is 67.0 Å². The van der Waals surface area contributed by atoms with E-state index >= 15 is 0 Å². The fourth-order valence-corrected chi connectivity index (χ4v) is 3.32. The first-order valence-electron chi connectivity index (χ1n) is 8.95. The van der Waals surface area contributed by atoms with Crippen LogP contribution < -0.4 is 10.2 Å². The lowest BCUT2D eigenvalue weighted by molar-refractivity contribution is 0.0989. The van der Waals surface area contributed by atoms with Gasteiger partial charge in [-0.25, -0.2) is 0 Å². The van der Waals surface area contributed by atoms with Gasteiger partial charge in [-0.1, -0.05) is 37.3 Å². The number of hydrogen-bond acceptors (Lipinski definition) is 3. The molecule has 0 atom stereocenters. The van der Waals surface area contributed by atoms with Crippen LogP contribution >= 0.6 is 0 Å². The van der Waals surface area contributed by atoms with Gasteiger partial charge in [0.05, 0.1) is 17.4 Å². The van der Waals surface area contributed by atoms with Crippen LogP contribution in [0.3, 0.4) is 0 Å². The predicted octanol–water partition coefficient (Wildman–Crippen LogP) is 4.59. The Hall–Kier alpha value is -3.14. The number of nitrogens with zero attached hydrogens (tertiary/aromatic N) is 2. The lowest BCUT2D eigenvalue weighted by Gasteiger charge is -2.17. The highest BCUT2D eigenvalue weighted by Gasteiger charge is 2.25. The molecule has 4 rings (SSSR count). The third kappa shape index (κ3) is 3.18. The van der Waals surface area contributed by atoms with Crippen LogP contribution in [0.5, 0.6) is 0 Å². The maximum Gasteiger partial charge on any atom is 0.259 e. The van der Waals surface area contributed by atoms with Crippen molar-refractivity contribution in [3.63, 3.8) is 0 Å². The molecular weight excluding hydrogens is 322 g/mol. The molecule has 0 saturated carbocycles. The Kier molecular flexibility index (Phi) is 4.40. The van der Waals surface area contributed by atoms with Gasteiger partial charge in [0.15, 0.2) is 0 Å². The van der Waals surface area contributed by atoms with Crippen LogP contribution in [-0.2, 0) is 12.8 Å². The van der Waals surface area contributed by atoms with Crippen molar-refractivity contribution < 1.29 is 4.79 Å². The maximum atomic E-state index is 13.0. The molecule has 1 N–H and O–H groups in total. The molecule has 1 aromatic heterocycles. The van der Waals surface area contributed by atoms with Gasteiger partial charge >= 0.3 is 0 Å². The Balaban J connectivity index is 1.55. The van der Waals surface area contributed by atoms with E-state index in [4.69, 9.17) is 0 Å². The van der Waals surface area contributed by atoms with Gasteiger partial charge in [-0.05, 0) is 48.2 Å². The van der Waals surface area contributed by atoms with Crippen molar-refractivity contribution in [3.8, 4) is 0 Å². The fourth-order valence-electron chi connectivity index (χ4n) is 3.32. The Morgan fingerprint density at radius 3 is 2.69 bits per heavy atom. The Morgan fingerprint density at radius 1 is 1.08 bits per heavy atom. The number of carbonyl (C=O) groups excluding carboxylic acids is 1. The van der Waals surface area contributed by atoms with E-state index < -0.39 is 0 Å². The molecule has 0 saturated heterocycles. The molecule has 4 heteroatoms. The predicted molar refractivity (Wildman–Crippen MR) is 105 cm³/mol. The van der Waals surface area contributed by atoms with E-state index in [-0.39, 0.29) is 5.91 Å². The van der Waals surface area contributed by atoms with E-state index in [0.717, 1.165) is 29.9 Å². The summed E-state index contributed by atoms with van der Waals surface area (Å²) in [6.45, 7) is 2.85. The summed E-state index contributed by atoms with van der Waals surface area (Å²) in [5.41, 5.74) is 5.92. The topological polar surface area (TPSA) is 45.2 Å². The van der Waals surface area contributed by atoms with Gasteiger partial charge in [0.25, 0.3) is 5.91 Å². The largest absolute Gasteiger partial charge is 0.354 e. The molecule has 0 unspecified atom stereocenters. The highest BCUT2D eigenvalue weighted by Crippen LogP contribution is 2.29. The summed E-state index contributed by atoms with van der Waals surface area (Å²) in [6.07, 6.45) is 5.29. The van der Waals surface area contributed by atoms with E-state index in [1.807, 2.05) is 41.3 Å². The lowest BCUT2D eigenvalue weighted by atomic mass is 10.1. The van der Waals surface area contributed by atoms with Gasteiger partial charge in [-0.3, -0.25) is 9.78 Å². The Labute approximate surface area is 153 Å². The number of fused-ring (bicyclic) bond motifs is 1. The first-order valence-corrected chi connectivity index (χ1v) is 8.95. The number of rotatable bonds is 4. The molecule has 2 aromatic carbocycles. The second-order valence-electron chi connectivity index (χ2n) is 6.47. The Morgan fingerprint density at radius 2 is 1.88 bits per heavy atom. The van der Waals surface area contributed by atoms with E-state index in [1.54, 1.807) is 12.4 Å². The minimum Gasteiger partial charge on any atom is -0.354 e. The number of para-hydroxylation sites is 1. The van der Waals surface area contributed by atoms with Crippen LogP contribution in [-0.4, -0.2) is 17.4 Å². The summed E-state index contributed by atoms with van der Waals surface area (Å²) in [5, 5.41) is 3.33. The molecule has 1 aliphatic heterocycles. The van der Waals surface area contributed by atoms with Crippen LogP contribution in [0.25, 0.3) is 0 Å². The second kappa shape index (κ2) is 7.00. The third-order valence-corrected chi connectivity index (χ3v) is 4.77. The van der Waals surface area contributed by atoms with Gasteiger partial charge in [-0.15, -0.1) is 0 Å². The highest BCUT2D eigenvalue weighted by molar-refractivity contribution is 6.07. The quantitative estimate of drug-likeness (QED) is 0.753. The molecule has 0 bridgehead atoms. The smallest absolute Gasteiger partial charge is 0.259 e. The van der Waals surface area contributed by atoms with E-state index in [0.29, 0.717) is 12.1 Å². The third-order valence-electron chi connectivity index (χ3n) is 4.77. The van der Waals surface area contributed by atoms with Crippen molar-refractivity contribution in [1.29, 1.82) is 0 Å². The average Bonchev–Trinajstić information content (AvgIpc) is 3.12. The summed E-state index contributed by atoms with van der Waals surface area (Å²) in [5.74, 6) is -0.00701. The number of anilines is 3. The van der Waals surface area contributed by atoms with Crippen molar-refractivity contribution in [2.75, 3.05) is 16.8 Å². The number of amides is 1. The zero-order chi connectivity index (χ0) is 17.9. The lowest BCUT2D eigenvalue weighted by Crippen LogP contribution is -2.29. The van der Waals surface area contributed by atoms with Gasteiger partial charge < -0.3 is 10.2 Å². The van der Waals surface area contributed by atoms with E-state index in [2.05, 4.69) is 35.4 Å². The van der Waals surface area contributed by atoms with Crippen molar-refractivity contribution in [1.82, 2.24) is 4.98 Å². The first-order chi connectivity index (χ1) is 12.7. The number of pyridine rings is 1. The van der Waals surface area contributed by atoms with Crippen molar-refractivity contribution in [2.45, 2.75) is 19.8 Å². The molecule has 1 aliphatic rings. The van der Waals surface area contributed by atoms with Crippen LogP contribution in [0.2, 0.25) is 0 Å². The number of hydrogen-bond donors (Lipinski definition) is 1. The number of aryl methyl sites for hydroxylation is 1. The van der Waals surface area contributed by atoms with Gasteiger partial charge in [0.1, 0.15) is 0 Å². The zero-order valence-electron chi connectivity index (χ0n) is 14.8. The number of carbonyl (C=O) groups is 1. The van der Waals surface area contributed by atoms with Gasteiger partial charge in [-0.2, -0.15) is 0 Å². The molecule has 0 aliphatic carbocycles. The molecule has 0 radical (unpaired) electrons. The summed E-state index contributed by atoms with van der Waals surface area (Å²) in [7, 11) is 0. The summed E-state index contributed by atoms with van der Waals surface area (Å²) < 4.78 is 0. The SMILES string of the molecule is CCc1ccc(Nc2cncc(C(=O)N3CCc4ccccc43)c2)cc1. The van der Waals surface area contributed by atoms with Gasteiger partial charge in [0.2, 0.25) is 0 Å². The van der Waals surface area contributed by atoms with Crippen LogP contribution in [0, 0.1) is 0 Å². The molecule has 0 fully saturated rings. The fraction of sp³-hybridized carbons (Fsp3) is 0.182. The monoisotopic (exact) mass is 343 g/mol. The van der Waals surface area contributed by atoms with Crippen molar-refractivity contribution in [2.24, 2.45) is 0 Å². The zero-order valence-corrected chi connectivity index (χ0v) is 14.8.